The SMILES string of the molecule is CC(=O)c1cccc(CCOc2cccc(Cc3cccc(C)c3)c2)c1. The molecular weight excluding hydrogens is 320 g/mol. The summed E-state index contributed by atoms with van der Waals surface area (Å²) in [4.78, 5) is 11.5. The van der Waals surface area contributed by atoms with Crippen LogP contribution in [0.5, 0.6) is 5.75 Å². The normalized spacial score (nSPS) is 10.5. The molecule has 0 saturated carbocycles. The van der Waals surface area contributed by atoms with E-state index in [1.807, 2.05) is 36.4 Å². The lowest BCUT2D eigenvalue weighted by Gasteiger charge is -2.09. The quantitative estimate of drug-likeness (QED) is 0.536. The van der Waals surface area contributed by atoms with Crippen LogP contribution >= 0.6 is 0 Å². The Balaban J connectivity index is 1.59. The van der Waals surface area contributed by atoms with Gasteiger partial charge in [0.2, 0.25) is 0 Å². The molecule has 0 heterocycles. The lowest BCUT2D eigenvalue weighted by Crippen LogP contribution is -2.03. The molecular formula is C24H24O2. The van der Waals surface area contributed by atoms with E-state index in [0.717, 1.165) is 29.7 Å². The van der Waals surface area contributed by atoms with Crippen LogP contribution in [-0.4, -0.2) is 12.4 Å². The fourth-order valence-corrected chi connectivity index (χ4v) is 3.04. The highest BCUT2D eigenvalue weighted by Crippen LogP contribution is 2.18. The number of hydrogen-bond acceptors (Lipinski definition) is 2. The van der Waals surface area contributed by atoms with Crippen molar-refractivity contribution in [3.05, 3.63) is 101 Å². The number of ketones is 1. The Hall–Kier alpha value is -2.87. The number of aryl methyl sites for hydroxylation is 1. The molecule has 0 aliphatic heterocycles. The zero-order chi connectivity index (χ0) is 18.4. The summed E-state index contributed by atoms with van der Waals surface area (Å²) in [7, 11) is 0. The van der Waals surface area contributed by atoms with Gasteiger partial charge in [-0.3, -0.25) is 4.79 Å². The molecule has 2 heteroatoms. The smallest absolute Gasteiger partial charge is 0.159 e. The number of rotatable bonds is 7. The molecule has 0 aliphatic rings. The Morgan fingerprint density at radius 2 is 1.54 bits per heavy atom. The Labute approximate surface area is 155 Å². The van der Waals surface area contributed by atoms with Crippen molar-refractivity contribution >= 4 is 5.78 Å². The topological polar surface area (TPSA) is 26.3 Å². The zero-order valence-corrected chi connectivity index (χ0v) is 15.4. The first kappa shape index (κ1) is 17.9. The minimum Gasteiger partial charge on any atom is -0.493 e. The van der Waals surface area contributed by atoms with Gasteiger partial charge in [-0.15, -0.1) is 0 Å². The van der Waals surface area contributed by atoms with E-state index in [0.29, 0.717) is 6.61 Å². The molecule has 0 spiro atoms. The molecule has 0 bridgehead atoms. The summed E-state index contributed by atoms with van der Waals surface area (Å²) in [5.74, 6) is 0.981. The average molecular weight is 344 g/mol. The predicted molar refractivity (Wildman–Crippen MR) is 106 cm³/mol. The number of carbonyl (C=O) groups is 1. The molecule has 0 aliphatic carbocycles. The first-order valence-electron chi connectivity index (χ1n) is 8.97. The van der Waals surface area contributed by atoms with Gasteiger partial charge in [0, 0.05) is 12.0 Å². The minimum atomic E-state index is 0.0941. The second kappa shape index (κ2) is 8.48. The van der Waals surface area contributed by atoms with Crippen LogP contribution in [0.2, 0.25) is 0 Å². The van der Waals surface area contributed by atoms with E-state index in [1.165, 1.54) is 16.7 Å². The number of Topliss-reactive ketones (excluding diaryl/α,β-unsaturated/α-hetero) is 1. The van der Waals surface area contributed by atoms with Gasteiger partial charge in [-0.05, 0) is 55.2 Å². The zero-order valence-electron chi connectivity index (χ0n) is 15.4. The van der Waals surface area contributed by atoms with Crippen LogP contribution in [-0.2, 0) is 12.8 Å². The molecule has 26 heavy (non-hydrogen) atoms. The molecule has 0 radical (unpaired) electrons. The monoisotopic (exact) mass is 344 g/mol. The standard InChI is InChI=1S/C24H24O2/c1-18-6-3-8-21(14-18)15-22-9-5-11-24(17-22)26-13-12-20-7-4-10-23(16-20)19(2)25/h3-11,14,16-17H,12-13,15H2,1-2H3. The summed E-state index contributed by atoms with van der Waals surface area (Å²) < 4.78 is 5.93. The molecule has 0 saturated heterocycles. The molecule has 3 rings (SSSR count). The third-order valence-electron chi connectivity index (χ3n) is 4.38. The molecule has 3 aromatic rings. The largest absolute Gasteiger partial charge is 0.493 e. The van der Waals surface area contributed by atoms with Gasteiger partial charge in [0.15, 0.2) is 5.78 Å². The van der Waals surface area contributed by atoms with Crippen LogP contribution in [0, 0.1) is 6.92 Å². The van der Waals surface area contributed by atoms with E-state index >= 15 is 0 Å². The molecule has 0 atom stereocenters. The Morgan fingerprint density at radius 1 is 0.846 bits per heavy atom. The van der Waals surface area contributed by atoms with Crippen LogP contribution in [0.15, 0.2) is 72.8 Å². The third-order valence-corrected chi connectivity index (χ3v) is 4.38. The first-order chi connectivity index (χ1) is 12.6. The minimum absolute atomic E-state index is 0.0941. The van der Waals surface area contributed by atoms with Crippen LogP contribution < -0.4 is 4.74 Å². The summed E-state index contributed by atoms with van der Waals surface area (Å²) >= 11 is 0. The molecule has 132 valence electrons. The van der Waals surface area contributed by atoms with Crippen molar-refractivity contribution in [3.8, 4) is 5.75 Å². The average Bonchev–Trinajstić information content (AvgIpc) is 2.62. The van der Waals surface area contributed by atoms with Gasteiger partial charge in [-0.25, -0.2) is 0 Å². The van der Waals surface area contributed by atoms with E-state index in [1.54, 1.807) is 6.92 Å². The molecule has 2 nitrogen and oxygen atoms in total. The fourth-order valence-electron chi connectivity index (χ4n) is 3.04. The van der Waals surface area contributed by atoms with Gasteiger partial charge in [-0.1, -0.05) is 60.2 Å². The van der Waals surface area contributed by atoms with E-state index in [2.05, 4.69) is 43.3 Å². The third kappa shape index (κ3) is 5.06. The second-order valence-electron chi connectivity index (χ2n) is 6.67. The summed E-state index contributed by atoms with van der Waals surface area (Å²) in [6.45, 7) is 4.30. The highest BCUT2D eigenvalue weighted by Gasteiger charge is 2.03. The van der Waals surface area contributed by atoms with E-state index in [4.69, 9.17) is 4.74 Å². The summed E-state index contributed by atoms with van der Waals surface area (Å²) in [6, 6.07) is 24.6. The van der Waals surface area contributed by atoms with Crippen molar-refractivity contribution in [2.24, 2.45) is 0 Å². The maximum Gasteiger partial charge on any atom is 0.159 e. The molecule has 0 amide bonds. The van der Waals surface area contributed by atoms with Crippen molar-refractivity contribution < 1.29 is 9.53 Å². The number of carbonyl (C=O) groups excluding carboxylic acids is 1. The summed E-state index contributed by atoms with van der Waals surface area (Å²) in [6.07, 6.45) is 1.68. The number of ether oxygens (including phenoxy) is 1. The van der Waals surface area contributed by atoms with Crippen LogP contribution in [0.25, 0.3) is 0 Å². The van der Waals surface area contributed by atoms with Gasteiger partial charge < -0.3 is 4.74 Å². The van der Waals surface area contributed by atoms with Crippen molar-refractivity contribution in [2.75, 3.05) is 6.61 Å². The summed E-state index contributed by atoms with van der Waals surface area (Å²) in [5, 5.41) is 0. The van der Waals surface area contributed by atoms with E-state index in [9.17, 15) is 4.79 Å². The Kier molecular flexibility index (Phi) is 5.85. The Morgan fingerprint density at radius 3 is 2.31 bits per heavy atom. The van der Waals surface area contributed by atoms with Gasteiger partial charge >= 0.3 is 0 Å². The number of hydrogen-bond donors (Lipinski definition) is 0. The van der Waals surface area contributed by atoms with Crippen LogP contribution in [0.3, 0.4) is 0 Å². The van der Waals surface area contributed by atoms with Crippen molar-refractivity contribution in [1.82, 2.24) is 0 Å². The second-order valence-corrected chi connectivity index (χ2v) is 6.67. The van der Waals surface area contributed by atoms with Crippen molar-refractivity contribution in [1.29, 1.82) is 0 Å². The fraction of sp³-hybridized carbons (Fsp3) is 0.208. The highest BCUT2D eigenvalue weighted by atomic mass is 16.5. The molecule has 0 fully saturated rings. The molecule has 0 unspecified atom stereocenters. The lowest BCUT2D eigenvalue weighted by atomic mass is 10.0. The van der Waals surface area contributed by atoms with E-state index in [-0.39, 0.29) is 5.78 Å². The highest BCUT2D eigenvalue weighted by molar-refractivity contribution is 5.94. The van der Waals surface area contributed by atoms with Gasteiger partial charge in [0.1, 0.15) is 5.75 Å². The molecule has 0 aromatic heterocycles. The van der Waals surface area contributed by atoms with Gasteiger partial charge in [0.25, 0.3) is 0 Å². The maximum atomic E-state index is 11.5. The number of benzene rings is 3. The predicted octanol–water partition coefficient (Wildman–Crippen LogP) is 5.41. The van der Waals surface area contributed by atoms with Gasteiger partial charge in [-0.2, -0.15) is 0 Å². The summed E-state index contributed by atoms with van der Waals surface area (Å²) in [5.41, 5.74) is 5.70. The van der Waals surface area contributed by atoms with E-state index < -0.39 is 0 Å². The van der Waals surface area contributed by atoms with Crippen LogP contribution in [0.1, 0.15) is 39.5 Å². The lowest BCUT2D eigenvalue weighted by molar-refractivity contribution is 0.101. The maximum absolute atomic E-state index is 11.5. The van der Waals surface area contributed by atoms with Gasteiger partial charge in [0.05, 0.1) is 6.61 Å². The molecule has 0 N–H and O–H groups in total. The van der Waals surface area contributed by atoms with Crippen molar-refractivity contribution in [3.63, 3.8) is 0 Å². The first-order valence-corrected chi connectivity index (χ1v) is 8.97. The molecule has 3 aromatic carbocycles. The Bertz CT molecular complexity index is 896. The van der Waals surface area contributed by atoms with Crippen LogP contribution in [0.4, 0.5) is 0 Å². The van der Waals surface area contributed by atoms with Crippen molar-refractivity contribution in [2.45, 2.75) is 26.7 Å².